The molecule has 0 N–H and O–H groups in total. The normalized spacial score (nSPS) is 30.5. The number of hydrogen-bond acceptors (Lipinski definition) is 4. The van der Waals surface area contributed by atoms with Crippen molar-refractivity contribution >= 4 is 63.7 Å². The van der Waals surface area contributed by atoms with Gasteiger partial charge in [0, 0.05) is 57.8 Å². The highest BCUT2D eigenvalue weighted by Gasteiger charge is 2.52. The first kappa shape index (κ1) is 20.5. The molecule has 0 amide bonds. The summed E-state index contributed by atoms with van der Waals surface area (Å²) in [6, 6.07) is 0. The van der Waals surface area contributed by atoms with Gasteiger partial charge in [0.05, 0.1) is 26.4 Å². The highest BCUT2D eigenvalue weighted by atomic mass is 79.9. The Morgan fingerprint density at radius 1 is 0.500 bits per heavy atom. The van der Waals surface area contributed by atoms with Crippen LogP contribution in [0.1, 0.15) is 25.7 Å². The van der Waals surface area contributed by atoms with Gasteiger partial charge in [0.25, 0.3) is 0 Å². The fourth-order valence-electron chi connectivity index (χ4n) is 3.27. The van der Waals surface area contributed by atoms with E-state index in [1.54, 1.807) is 0 Å². The van der Waals surface area contributed by atoms with E-state index in [9.17, 15) is 0 Å². The lowest BCUT2D eigenvalue weighted by Crippen LogP contribution is -2.58. The van der Waals surface area contributed by atoms with Crippen LogP contribution in [0.4, 0.5) is 0 Å². The zero-order chi connectivity index (χ0) is 17.3. The molecule has 0 aromatic rings. The molecule has 24 heavy (non-hydrogen) atoms. The third kappa shape index (κ3) is 3.96. The van der Waals surface area contributed by atoms with Gasteiger partial charge in [-0.05, 0) is 0 Å². The van der Waals surface area contributed by atoms with Crippen LogP contribution in [0.5, 0.6) is 0 Å². The van der Waals surface area contributed by atoms with E-state index in [0.717, 1.165) is 47.0 Å². The SMILES string of the molecule is BrCC1(CBr)COC2(CCC3(CC2)OCC(CBr)(CBr)CO3)OC1. The lowest BCUT2D eigenvalue weighted by atomic mass is 9.84. The van der Waals surface area contributed by atoms with Crippen LogP contribution in [0.2, 0.25) is 0 Å². The maximum absolute atomic E-state index is 6.21. The highest BCUT2D eigenvalue weighted by molar-refractivity contribution is 9.10. The number of ether oxygens (including phenoxy) is 4. The molecular weight excluding hydrogens is 576 g/mol. The van der Waals surface area contributed by atoms with E-state index in [4.69, 9.17) is 18.9 Å². The average molecular weight is 600 g/mol. The first-order valence-corrected chi connectivity index (χ1v) is 12.8. The predicted molar refractivity (Wildman–Crippen MR) is 108 cm³/mol. The van der Waals surface area contributed by atoms with Crippen LogP contribution in [-0.2, 0) is 18.9 Å². The third-order valence-corrected chi connectivity index (χ3v) is 10.2. The van der Waals surface area contributed by atoms with Crippen molar-refractivity contribution in [3.05, 3.63) is 0 Å². The van der Waals surface area contributed by atoms with Gasteiger partial charge >= 0.3 is 0 Å². The molecular formula is C16H24Br4O4. The van der Waals surface area contributed by atoms with E-state index in [1.165, 1.54) is 0 Å². The van der Waals surface area contributed by atoms with Crippen LogP contribution in [-0.4, -0.2) is 59.3 Å². The van der Waals surface area contributed by atoms with Gasteiger partial charge in [0.15, 0.2) is 11.6 Å². The minimum Gasteiger partial charge on any atom is -0.349 e. The molecule has 1 saturated carbocycles. The second-order valence-electron chi connectivity index (χ2n) is 7.51. The Kier molecular flexibility index (Phi) is 6.84. The molecule has 0 atom stereocenters. The molecule has 1 aliphatic carbocycles. The van der Waals surface area contributed by atoms with Gasteiger partial charge in [-0.15, -0.1) is 0 Å². The minimum absolute atomic E-state index is 0.0313. The Morgan fingerprint density at radius 2 is 0.750 bits per heavy atom. The molecule has 2 saturated heterocycles. The van der Waals surface area contributed by atoms with Gasteiger partial charge in [0.2, 0.25) is 0 Å². The van der Waals surface area contributed by atoms with Crippen molar-refractivity contribution in [3.63, 3.8) is 0 Å². The van der Waals surface area contributed by atoms with Gasteiger partial charge in [-0.25, -0.2) is 0 Å². The van der Waals surface area contributed by atoms with Gasteiger partial charge in [-0.2, -0.15) is 0 Å². The van der Waals surface area contributed by atoms with Crippen molar-refractivity contribution in [1.82, 2.24) is 0 Å². The predicted octanol–water partition coefficient (Wildman–Crippen LogP) is 4.60. The fourth-order valence-corrected chi connectivity index (χ4v) is 6.43. The molecule has 3 fully saturated rings. The Bertz CT molecular complexity index is 368. The monoisotopic (exact) mass is 596 g/mol. The summed E-state index contributed by atoms with van der Waals surface area (Å²) in [7, 11) is 0. The number of halogens is 4. The van der Waals surface area contributed by atoms with E-state index in [2.05, 4.69) is 63.7 Å². The van der Waals surface area contributed by atoms with Crippen LogP contribution in [0.3, 0.4) is 0 Å². The van der Waals surface area contributed by atoms with Crippen molar-refractivity contribution in [1.29, 1.82) is 0 Å². The number of alkyl halides is 4. The first-order valence-electron chi connectivity index (χ1n) is 8.28. The standard InChI is InChI=1S/C16H24Br4O4/c17-5-13(6-18)9-21-15(22-10-13)1-2-16(4-3-15)23-11-14(7-19,8-20)12-24-16/h1-12H2. The van der Waals surface area contributed by atoms with Crippen LogP contribution in [0.25, 0.3) is 0 Å². The summed E-state index contributed by atoms with van der Waals surface area (Å²) in [6.07, 6.45) is 3.29. The van der Waals surface area contributed by atoms with Crippen molar-refractivity contribution < 1.29 is 18.9 Å². The highest BCUT2D eigenvalue weighted by Crippen LogP contribution is 2.47. The van der Waals surface area contributed by atoms with Crippen LogP contribution in [0.15, 0.2) is 0 Å². The molecule has 2 spiro atoms. The zero-order valence-corrected chi connectivity index (χ0v) is 20.0. The van der Waals surface area contributed by atoms with Gasteiger partial charge in [-0.1, -0.05) is 63.7 Å². The molecule has 4 nitrogen and oxygen atoms in total. The summed E-state index contributed by atoms with van der Waals surface area (Å²) in [6.45, 7) is 2.87. The molecule has 0 unspecified atom stereocenters. The molecule has 3 aliphatic rings. The van der Waals surface area contributed by atoms with Crippen molar-refractivity contribution in [2.45, 2.75) is 37.3 Å². The summed E-state index contributed by atoms with van der Waals surface area (Å²) in [5.74, 6) is -0.906. The van der Waals surface area contributed by atoms with Crippen LogP contribution in [0, 0.1) is 10.8 Å². The molecule has 2 aliphatic heterocycles. The van der Waals surface area contributed by atoms with Crippen LogP contribution >= 0.6 is 63.7 Å². The Morgan fingerprint density at radius 3 is 0.958 bits per heavy atom. The maximum atomic E-state index is 6.21. The first-order chi connectivity index (χ1) is 11.5. The second-order valence-corrected chi connectivity index (χ2v) is 9.75. The molecule has 0 radical (unpaired) electrons. The minimum atomic E-state index is -0.453. The van der Waals surface area contributed by atoms with E-state index in [-0.39, 0.29) is 10.8 Å². The summed E-state index contributed by atoms with van der Waals surface area (Å²) < 4.78 is 24.9. The molecule has 140 valence electrons. The van der Waals surface area contributed by atoms with Gasteiger partial charge in [-0.3, -0.25) is 0 Å². The summed E-state index contributed by atoms with van der Waals surface area (Å²) in [4.78, 5) is 0. The third-order valence-electron chi connectivity index (χ3n) is 5.47. The Balaban J connectivity index is 1.55. The summed E-state index contributed by atoms with van der Waals surface area (Å²) in [5, 5.41) is 3.49. The Hall–Kier alpha value is 1.76. The van der Waals surface area contributed by atoms with Crippen molar-refractivity contribution in [3.8, 4) is 0 Å². The van der Waals surface area contributed by atoms with E-state index in [0.29, 0.717) is 26.4 Å². The number of rotatable bonds is 4. The smallest absolute Gasteiger partial charge is 0.168 e. The topological polar surface area (TPSA) is 36.9 Å². The van der Waals surface area contributed by atoms with E-state index >= 15 is 0 Å². The van der Waals surface area contributed by atoms with Gasteiger partial charge < -0.3 is 18.9 Å². The van der Waals surface area contributed by atoms with Crippen molar-refractivity contribution in [2.24, 2.45) is 10.8 Å². The zero-order valence-electron chi connectivity index (χ0n) is 13.6. The quantitative estimate of drug-likeness (QED) is 0.443. The molecule has 8 heteroatoms. The molecule has 2 heterocycles. The lowest BCUT2D eigenvalue weighted by molar-refractivity contribution is -0.362. The van der Waals surface area contributed by atoms with Crippen LogP contribution < -0.4 is 0 Å². The number of hydrogen-bond donors (Lipinski definition) is 0. The molecule has 0 aromatic carbocycles. The Labute approximate surface area is 177 Å². The van der Waals surface area contributed by atoms with E-state index < -0.39 is 11.6 Å². The lowest BCUT2D eigenvalue weighted by Gasteiger charge is -2.52. The molecule has 3 rings (SSSR count). The van der Waals surface area contributed by atoms with Gasteiger partial charge in [0.1, 0.15) is 0 Å². The molecule has 0 aromatic heterocycles. The maximum Gasteiger partial charge on any atom is 0.168 e. The summed E-state index contributed by atoms with van der Waals surface area (Å²) >= 11 is 14.3. The summed E-state index contributed by atoms with van der Waals surface area (Å²) in [5.41, 5.74) is 0.0627. The van der Waals surface area contributed by atoms with Crippen molar-refractivity contribution in [2.75, 3.05) is 47.7 Å². The fraction of sp³-hybridized carbons (Fsp3) is 1.00. The van der Waals surface area contributed by atoms with E-state index in [1.807, 2.05) is 0 Å². The largest absolute Gasteiger partial charge is 0.349 e. The average Bonchev–Trinajstić information content (AvgIpc) is 2.67. The second kappa shape index (κ2) is 8.02. The molecule has 0 bridgehead atoms.